The minimum atomic E-state index is 0.0282. The minimum absolute atomic E-state index is 0.0282. The second-order valence-corrected chi connectivity index (χ2v) is 10.8. The summed E-state index contributed by atoms with van der Waals surface area (Å²) in [6.45, 7) is 17.2. The second kappa shape index (κ2) is 12.1. The van der Waals surface area contributed by atoms with Gasteiger partial charge in [0.25, 0.3) is 0 Å². The third-order valence-corrected chi connectivity index (χ3v) is 7.82. The van der Waals surface area contributed by atoms with Gasteiger partial charge in [0.2, 0.25) is 0 Å². The molecule has 176 valence electrons. The van der Waals surface area contributed by atoms with Crippen molar-refractivity contribution >= 4 is 0 Å². The molecule has 1 fully saturated rings. The third kappa shape index (κ3) is 8.29. The van der Waals surface area contributed by atoms with Crippen molar-refractivity contribution < 1.29 is 9.84 Å². The van der Waals surface area contributed by atoms with Crippen LogP contribution in [-0.2, 0) is 4.74 Å². The normalized spacial score (nSPS) is 30.5. The van der Waals surface area contributed by atoms with Crippen LogP contribution in [0.3, 0.4) is 0 Å². The van der Waals surface area contributed by atoms with E-state index in [1.54, 1.807) is 5.57 Å². The summed E-state index contributed by atoms with van der Waals surface area (Å²) in [6, 6.07) is 0. The molecule has 0 amide bonds. The monoisotopic (exact) mass is 428 g/mol. The molecule has 2 nitrogen and oxygen atoms in total. The lowest BCUT2D eigenvalue weighted by Gasteiger charge is -2.46. The number of ether oxygens (including phenoxy) is 1. The lowest BCUT2D eigenvalue weighted by Crippen LogP contribution is -2.44. The molecule has 31 heavy (non-hydrogen) atoms. The van der Waals surface area contributed by atoms with Crippen LogP contribution in [0.25, 0.3) is 0 Å². The first-order valence-electron chi connectivity index (χ1n) is 12.7. The number of aliphatic hydroxyl groups excluding tert-OH is 1. The Morgan fingerprint density at radius 2 is 1.87 bits per heavy atom. The van der Waals surface area contributed by atoms with Crippen LogP contribution in [0.2, 0.25) is 0 Å². The zero-order chi connectivity index (χ0) is 23.0. The van der Waals surface area contributed by atoms with E-state index in [1.807, 2.05) is 6.92 Å². The van der Waals surface area contributed by atoms with Gasteiger partial charge in [-0.2, -0.15) is 0 Å². The van der Waals surface area contributed by atoms with Gasteiger partial charge in [-0.05, 0) is 102 Å². The molecule has 0 radical (unpaired) electrons. The van der Waals surface area contributed by atoms with Gasteiger partial charge in [0.15, 0.2) is 0 Å². The third-order valence-electron chi connectivity index (χ3n) is 7.82. The number of hydrogen-bond acceptors (Lipinski definition) is 2. The highest BCUT2D eigenvalue weighted by Gasteiger charge is 2.40. The van der Waals surface area contributed by atoms with Gasteiger partial charge < -0.3 is 9.84 Å². The molecule has 5 unspecified atom stereocenters. The van der Waals surface area contributed by atoms with Crippen LogP contribution in [0.4, 0.5) is 0 Å². The molecule has 0 bridgehead atoms. The zero-order valence-electron chi connectivity index (χ0n) is 21.2. The van der Waals surface area contributed by atoms with Gasteiger partial charge in [-0.1, -0.05) is 56.7 Å². The molecule has 0 aromatic rings. The summed E-state index contributed by atoms with van der Waals surface area (Å²) in [5.74, 6) is 1.86. The first kappa shape index (κ1) is 26.0. The van der Waals surface area contributed by atoms with Crippen molar-refractivity contribution in [1.82, 2.24) is 0 Å². The molecule has 2 heteroatoms. The van der Waals surface area contributed by atoms with Crippen LogP contribution >= 0.6 is 0 Å². The average Bonchev–Trinajstić information content (AvgIpc) is 2.71. The number of allylic oxidation sites excluding steroid dienone is 6. The van der Waals surface area contributed by atoms with Gasteiger partial charge in [0.05, 0.1) is 17.5 Å². The van der Waals surface area contributed by atoms with E-state index < -0.39 is 0 Å². The van der Waals surface area contributed by atoms with Crippen molar-refractivity contribution in [2.45, 2.75) is 117 Å². The van der Waals surface area contributed by atoms with Gasteiger partial charge >= 0.3 is 0 Å². The topological polar surface area (TPSA) is 29.5 Å². The smallest absolute Gasteiger partial charge is 0.0879 e. The maximum absolute atomic E-state index is 9.40. The van der Waals surface area contributed by atoms with Crippen molar-refractivity contribution in [3.05, 3.63) is 47.3 Å². The van der Waals surface area contributed by atoms with E-state index in [9.17, 15) is 5.11 Å². The average molecular weight is 429 g/mol. The van der Waals surface area contributed by atoms with Crippen LogP contribution in [0.15, 0.2) is 47.3 Å². The van der Waals surface area contributed by atoms with E-state index in [0.29, 0.717) is 17.8 Å². The lowest BCUT2D eigenvalue weighted by molar-refractivity contribution is -0.123. The lowest BCUT2D eigenvalue weighted by atomic mass is 9.74. The SMILES string of the molecule is C=C(O)C(C)CC/C=C(\C)CCC/C(C)=C/CCC1(C)CCC2=CCC(C)C(C)C2O1. The largest absolute Gasteiger partial charge is 0.513 e. The fourth-order valence-corrected chi connectivity index (χ4v) is 4.91. The number of rotatable bonds is 11. The Bertz CT molecular complexity index is 683. The molecule has 5 atom stereocenters. The Labute approximate surface area is 192 Å². The zero-order valence-corrected chi connectivity index (χ0v) is 21.2. The van der Waals surface area contributed by atoms with E-state index in [1.165, 1.54) is 36.8 Å². The highest BCUT2D eigenvalue weighted by Crippen LogP contribution is 2.43. The summed E-state index contributed by atoms with van der Waals surface area (Å²) in [5.41, 5.74) is 4.57. The minimum Gasteiger partial charge on any atom is -0.513 e. The molecule has 0 saturated carbocycles. The summed E-state index contributed by atoms with van der Waals surface area (Å²) >= 11 is 0. The first-order valence-corrected chi connectivity index (χ1v) is 12.7. The van der Waals surface area contributed by atoms with E-state index in [2.05, 4.69) is 59.4 Å². The highest BCUT2D eigenvalue weighted by atomic mass is 16.5. The Morgan fingerprint density at radius 3 is 2.52 bits per heavy atom. The Hall–Kier alpha value is -1.28. The predicted octanol–water partition coefficient (Wildman–Crippen LogP) is 8.86. The Balaban J connectivity index is 1.70. The molecule has 1 heterocycles. The Morgan fingerprint density at radius 1 is 1.23 bits per heavy atom. The molecule has 1 N–H and O–H groups in total. The summed E-state index contributed by atoms with van der Waals surface area (Å²) in [4.78, 5) is 0. The summed E-state index contributed by atoms with van der Waals surface area (Å²) in [7, 11) is 0. The molecule has 1 aliphatic heterocycles. The van der Waals surface area contributed by atoms with E-state index in [-0.39, 0.29) is 11.5 Å². The van der Waals surface area contributed by atoms with Gasteiger partial charge in [0.1, 0.15) is 0 Å². The summed E-state index contributed by atoms with van der Waals surface area (Å²) in [6.07, 6.45) is 19.0. The molecular weight excluding hydrogens is 380 g/mol. The van der Waals surface area contributed by atoms with Gasteiger partial charge in [0, 0.05) is 5.92 Å². The van der Waals surface area contributed by atoms with E-state index >= 15 is 0 Å². The van der Waals surface area contributed by atoms with Crippen molar-refractivity contribution in [3.63, 3.8) is 0 Å². The van der Waals surface area contributed by atoms with Crippen molar-refractivity contribution in [2.24, 2.45) is 17.8 Å². The molecule has 2 aliphatic rings. The standard InChI is InChI=1S/C29H48O2/c1-21(13-9-15-24(4)26(6)30)11-8-12-22(2)14-10-19-29(7)20-18-27-17-16-23(3)25(5)28(27)31-29/h13-14,17,23-25,28,30H,6,8-12,15-16,18-20H2,1-5,7H3/b21-13+,22-14+. The number of fused-ring (bicyclic) bond motifs is 1. The summed E-state index contributed by atoms with van der Waals surface area (Å²) < 4.78 is 6.70. The van der Waals surface area contributed by atoms with Crippen LogP contribution < -0.4 is 0 Å². The molecule has 2 rings (SSSR count). The summed E-state index contributed by atoms with van der Waals surface area (Å²) in [5, 5.41) is 9.40. The number of aliphatic hydroxyl groups is 1. The van der Waals surface area contributed by atoms with Crippen LogP contribution in [0, 0.1) is 17.8 Å². The maximum Gasteiger partial charge on any atom is 0.0879 e. The maximum atomic E-state index is 9.40. The van der Waals surface area contributed by atoms with Crippen molar-refractivity contribution in [3.8, 4) is 0 Å². The molecule has 1 saturated heterocycles. The molecular formula is C29H48O2. The first-order chi connectivity index (χ1) is 14.6. The number of hydrogen-bond donors (Lipinski definition) is 1. The van der Waals surface area contributed by atoms with Gasteiger partial charge in [-0.15, -0.1) is 0 Å². The fourth-order valence-electron chi connectivity index (χ4n) is 4.91. The molecule has 0 spiro atoms. The van der Waals surface area contributed by atoms with Crippen molar-refractivity contribution in [2.75, 3.05) is 0 Å². The molecule has 0 aromatic heterocycles. The quantitative estimate of drug-likeness (QED) is 0.263. The van der Waals surface area contributed by atoms with Gasteiger partial charge in [-0.3, -0.25) is 0 Å². The Kier molecular flexibility index (Phi) is 10.1. The van der Waals surface area contributed by atoms with Crippen LogP contribution in [0.1, 0.15) is 106 Å². The van der Waals surface area contributed by atoms with Crippen LogP contribution in [0.5, 0.6) is 0 Å². The van der Waals surface area contributed by atoms with Gasteiger partial charge in [-0.25, -0.2) is 0 Å². The molecule has 0 aromatic carbocycles. The fraction of sp³-hybridized carbons (Fsp3) is 0.724. The molecule has 1 aliphatic carbocycles. The predicted molar refractivity (Wildman–Crippen MR) is 134 cm³/mol. The highest BCUT2D eigenvalue weighted by molar-refractivity contribution is 5.18. The van der Waals surface area contributed by atoms with E-state index in [0.717, 1.165) is 44.4 Å². The second-order valence-electron chi connectivity index (χ2n) is 10.8. The van der Waals surface area contributed by atoms with E-state index in [4.69, 9.17) is 4.74 Å². The van der Waals surface area contributed by atoms with Crippen molar-refractivity contribution in [1.29, 1.82) is 0 Å². The van der Waals surface area contributed by atoms with Crippen LogP contribution in [-0.4, -0.2) is 16.8 Å².